The average molecular weight is 362 g/mol. The lowest BCUT2D eigenvalue weighted by molar-refractivity contribution is -0.151. The number of hydrogen-bond acceptors (Lipinski definition) is 3. The summed E-state index contributed by atoms with van der Waals surface area (Å²) in [5, 5.41) is 9.11. The van der Waals surface area contributed by atoms with Crippen molar-refractivity contribution in [3.05, 3.63) is 0 Å². The van der Waals surface area contributed by atoms with Gasteiger partial charge in [0.1, 0.15) is 6.61 Å². The second-order valence-electron chi connectivity index (χ2n) is 5.07. The number of esters is 1. The number of alkyl halides is 3. The van der Waals surface area contributed by atoms with Gasteiger partial charge in [0, 0.05) is 0 Å². The molecule has 21 heavy (non-hydrogen) atoms. The maximum atomic E-state index is 11.5. The van der Waals surface area contributed by atoms with E-state index in [2.05, 4.69) is 6.92 Å². The van der Waals surface area contributed by atoms with Crippen LogP contribution >= 0.6 is 34.8 Å². The maximum absolute atomic E-state index is 11.5. The molecule has 0 saturated heterocycles. The van der Waals surface area contributed by atoms with Crippen molar-refractivity contribution in [1.29, 1.82) is 0 Å². The molecule has 0 radical (unpaired) electrons. The molecule has 0 heterocycles. The van der Waals surface area contributed by atoms with Crippen LogP contribution in [0.25, 0.3) is 0 Å². The Bertz CT molecular complexity index is 316. The van der Waals surface area contributed by atoms with Crippen molar-refractivity contribution in [2.24, 2.45) is 5.92 Å². The highest BCUT2D eigenvalue weighted by Gasteiger charge is 2.25. The molecule has 0 rings (SSSR count). The monoisotopic (exact) mass is 360 g/mol. The summed E-state index contributed by atoms with van der Waals surface area (Å²) in [5.41, 5.74) is 0. The molecule has 0 amide bonds. The zero-order chi connectivity index (χ0) is 16.3. The summed E-state index contributed by atoms with van der Waals surface area (Å²) >= 11 is 16.4. The van der Waals surface area contributed by atoms with E-state index in [0.29, 0.717) is 6.42 Å². The molecule has 1 N–H and O–H groups in total. The Kier molecular flexibility index (Phi) is 11.3. The van der Waals surface area contributed by atoms with Crippen LogP contribution in [0.15, 0.2) is 0 Å². The SMILES string of the molecule is CCCCCCCC[C@H](CC(=O)OCC(Cl)(Cl)Cl)C(=O)O. The average Bonchev–Trinajstić information content (AvgIpc) is 2.38. The fraction of sp³-hybridized carbons (Fsp3) is 0.857. The molecule has 1 atom stereocenters. The Morgan fingerprint density at radius 2 is 1.67 bits per heavy atom. The van der Waals surface area contributed by atoms with Gasteiger partial charge in [-0.2, -0.15) is 0 Å². The summed E-state index contributed by atoms with van der Waals surface area (Å²) in [6.45, 7) is 1.77. The molecule has 0 aromatic carbocycles. The third-order valence-electron chi connectivity index (χ3n) is 3.07. The van der Waals surface area contributed by atoms with Crippen molar-refractivity contribution in [2.75, 3.05) is 6.61 Å². The second-order valence-corrected chi connectivity index (χ2v) is 7.59. The molecule has 124 valence electrons. The number of unbranched alkanes of at least 4 members (excludes halogenated alkanes) is 5. The molecule has 0 saturated carbocycles. The number of rotatable bonds is 11. The first-order chi connectivity index (χ1) is 9.76. The van der Waals surface area contributed by atoms with E-state index in [4.69, 9.17) is 44.6 Å². The number of carbonyl (C=O) groups excluding carboxylic acids is 1. The van der Waals surface area contributed by atoms with Crippen molar-refractivity contribution in [1.82, 2.24) is 0 Å². The lowest BCUT2D eigenvalue weighted by Gasteiger charge is -2.14. The Morgan fingerprint density at radius 3 is 2.19 bits per heavy atom. The molecule has 0 bridgehead atoms. The van der Waals surface area contributed by atoms with Crippen LogP contribution in [0.5, 0.6) is 0 Å². The highest BCUT2D eigenvalue weighted by molar-refractivity contribution is 6.67. The molecule has 0 unspecified atom stereocenters. The standard InChI is InChI=1S/C14H23Cl3O4/c1-2-3-4-5-6-7-8-11(13(19)20)9-12(18)21-10-14(15,16)17/h11H,2-10H2,1H3,(H,19,20)/t11-/m1/s1. The first kappa shape index (κ1) is 20.8. The summed E-state index contributed by atoms with van der Waals surface area (Å²) in [6.07, 6.45) is 6.68. The quantitative estimate of drug-likeness (QED) is 0.328. The van der Waals surface area contributed by atoms with Gasteiger partial charge in [0.2, 0.25) is 3.79 Å². The van der Waals surface area contributed by atoms with Gasteiger partial charge in [-0.05, 0) is 6.42 Å². The molecule has 0 fully saturated rings. The van der Waals surface area contributed by atoms with E-state index < -0.39 is 21.6 Å². The Hall–Kier alpha value is -0.190. The van der Waals surface area contributed by atoms with Crippen molar-refractivity contribution < 1.29 is 19.4 Å². The van der Waals surface area contributed by atoms with E-state index in [1.54, 1.807) is 0 Å². The van der Waals surface area contributed by atoms with Gasteiger partial charge < -0.3 is 9.84 Å². The molecule has 0 aliphatic rings. The molecule has 0 aromatic heterocycles. The zero-order valence-electron chi connectivity index (χ0n) is 12.2. The van der Waals surface area contributed by atoms with Gasteiger partial charge in [-0.3, -0.25) is 9.59 Å². The molecular weight excluding hydrogens is 339 g/mol. The van der Waals surface area contributed by atoms with Crippen LogP contribution in [0.3, 0.4) is 0 Å². The molecule has 7 heteroatoms. The number of halogens is 3. The largest absolute Gasteiger partial charge is 0.481 e. The third kappa shape index (κ3) is 13.2. The van der Waals surface area contributed by atoms with Crippen molar-refractivity contribution in [3.63, 3.8) is 0 Å². The van der Waals surface area contributed by atoms with E-state index in [-0.39, 0.29) is 13.0 Å². The van der Waals surface area contributed by atoms with E-state index in [1.165, 1.54) is 19.3 Å². The normalized spacial score (nSPS) is 13.0. The number of hydrogen-bond donors (Lipinski definition) is 1. The van der Waals surface area contributed by atoms with Crippen LogP contribution in [-0.4, -0.2) is 27.4 Å². The predicted molar refractivity (Wildman–Crippen MR) is 85.0 cm³/mol. The van der Waals surface area contributed by atoms with Gasteiger partial charge in [0.15, 0.2) is 0 Å². The van der Waals surface area contributed by atoms with Crippen LogP contribution in [0.2, 0.25) is 0 Å². The third-order valence-corrected chi connectivity index (χ3v) is 3.39. The van der Waals surface area contributed by atoms with Gasteiger partial charge in [0.05, 0.1) is 12.3 Å². The lowest BCUT2D eigenvalue weighted by atomic mass is 9.97. The van der Waals surface area contributed by atoms with E-state index >= 15 is 0 Å². The lowest BCUT2D eigenvalue weighted by Crippen LogP contribution is -2.22. The molecule has 4 nitrogen and oxygen atoms in total. The maximum Gasteiger partial charge on any atom is 0.307 e. The minimum atomic E-state index is -1.67. The fourth-order valence-corrected chi connectivity index (χ4v) is 2.07. The number of carbonyl (C=O) groups is 2. The van der Waals surface area contributed by atoms with E-state index in [1.807, 2.05) is 0 Å². The summed E-state index contributed by atoms with van der Waals surface area (Å²) in [4.78, 5) is 22.6. The molecular formula is C14H23Cl3O4. The van der Waals surface area contributed by atoms with Crippen LogP contribution in [0.1, 0.15) is 58.3 Å². The number of ether oxygens (including phenoxy) is 1. The van der Waals surface area contributed by atoms with Crippen LogP contribution in [-0.2, 0) is 14.3 Å². The Balaban J connectivity index is 3.96. The number of carboxylic acid groups (broad SMARTS) is 1. The summed E-state index contributed by atoms with van der Waals surface area (Å²) in [6, 6.07) is 0. The fourth-order valence-electron chi connectivity index (χ4n) is 1.91. The number of aliphatic carboxylic acids is 1. The van der Waals surface area contributed by atoms with Gasteiger partial charge in [-0.15, -0.1) is 0 Å². The van der Waals surface area contributed by atoms with Crippen LogP contribution < -0.4 is 0 Å². The van der Waals surface area contributed by atoms with Crippen LogP contribution in [0, 0.1) is 5.92 Å². The van der Waals surface area contributed by atoms with Crippen molar-refractivity contribution in [3.8, 4) is 0 Å². The summed E-state index contributed by atoms with van der Waals surface area (Å²) in [5.74, 6) is -2.38. The zero-order valence-corrected chi connectivity index (χ0v) is 14.5. The smallest absolute Gasteiger partial charge is 0.307 e. The first-order valence-electron chi connectivity index (χ1n) is 7.21. The minimum Gasteiger partial charge on any atom is -0.481 e. The van der Waals surface area contributed by atoms with Gasteiger partial charge in [0.25, 0.3) is 0 Å². The summed E-state index contributed by atoms with van der Waals surface area (Å²) in [7, 11) is 0. The minimum absolute atomic E-state index is 0.189. The van der Waals surface area contributed by atoms with E-state index in [9.17, 15) is 9.59 Å². The number of carboxylic acids is 1. The van der Waals surface area contributed by atoms with Gasteiger partial charge in [-0.25, -0.2) is 0 Å². The highest BCUT2D eigenvalue weighted by Crippen LogP contribution is 2.26. The molecule has 0 aliphatic carbocycles. The van der Waals surface area contributed by atoms with Crippen molar-refractivity contribution in [2.45, 2.75) is 62.1 Å². The van der Waals surface area contributed by atoms with Crippen LogP contribution in [0.4, 0.5) is 0 Å². The second kappa shape index (κ2) is 11.4. The van der Waals surface area contributed by atoms with Crippen molar-refractivity contribution >= 4 is 46.7 Å². The molecule has 0 aliphatic heterocycles. The van der Waals surface area contributed by atoms with E-state index in [0.717, 1.165) is 19.3 Å². The summed E-state index contributed by atoms with van der Waals surface area (Å²) < 4.78 is 3.08. The highest BCUT2D eigenvalue weighted by atomic mass is 35.6. The Morgan fingerprint density at radius 1 is 1.10 bits per heavy atom. The topological polar surface area (TPSA) is 63.6 Å². The first-order valence-corrected chi connectivity index (χ1v) is 8.34. The van der Waals surface area contributed by atoms with Gasteiger partial charge in [-0.1, -0.05) is 80.3 Å². The Labute approximate surface area is 141 Å². The molecule has 0 aromatic rings. The molecule has 0 spiro atoms. The van der Waals surface area contributed by atoms with Gasteiger partial charge >= 0.3 is 11.9 Å². The predicted octanol–water partition coefficient (Wildman–Crippen LogP) is 4.74.